The van der Waals surface area contributed by atoms with Crippen molar-refractivity contribution in [2.24, 2.45) is 16.8 Å². The fraction of sp³-hybridized carbons (Fsp3) is 0. The van der Waals surface area contributed by atoms with E-state index in [1.165, 1.54) is 0 Å². The average Bonchev–Trinajstić information content (AvgIpc) is 2.18. The second kappa shape index (κ2) is 0.997. The standard InChI is InChI=1S/CH6N5O/c1-4-6(3)5(2)7-6/h1-3H2/q+1. The molecule has 0 aromatic heterocycles. The molecule has 4 N–H and O–H groups in total. The summed E-state index contributed by atoms with van der Waals surface area (Å²) >= 11 is 0. The molecule has 0 aromatic rings. The van der Waals surface area contributed by atoms with Crippen molar-refractivity contribution < 1.29 is 9.91 Å². The molecule has 1 rings (SSSR count). The van der Waals surface area contributed by atoms with Crippen LogP contribution in [0.25, 0.3) is 0 Å². The van der Waals surface area contributed by atoms with Gasteiger partial charge in [0.25, 0.3) is 0 Å². The molecule has 2 atom stereocenters. The predicted molar refractivity (Wildman–Crippen MR) is 21.1 cm³/mol. The Balaban J connectivity index is 2.51. The molecule has 0 aromatic carbocycles. The molecule has 40 valence electrons. The van der Waals surface area contributed by atoms with Crippen molar-refractivity contribution in [3.63, 3.8) is 0 Å². The number of nitrogens with two attached hydrogens (primary N) is 2. The van der Waals surface area contributed by atoms with Crippen LogP contribution in [0.2, 0.25) is 0 Å². The molecule has 6 nitrogen and oxygen atoms in total. The van der Waals surface area contributed by atoms with Crippen LogP contribution < -0.4 is 11.7 Å². The van der Waals surface area contributed by atoms with Gasteiger partial charge >= 0.3 is 0 Å². The normalized spacial score (nSPS) is 48.6. The summed E-state index contributed by atoms with van der Waals surface area (Å²) in [5, 5.41) is 4.11. The van der Waals surface area contributed by atoms with E-state index in [1.54, 1.807) is 0 Å². The Labute approximate surface area is 39.9 Å². The summed E-state index contributed by atoms with van der Waals surface area (Å²) in [4.78, 5) is 3.78. The maximum absolute atomic E-state index is 5.08. The molecule has 1 aliphatic heterocycles. The molecule has 6 heteroatoms. The fourth-order valence-electron chi connectivity index (χ4n) is 0.195. The number of hydrazine groups is 1. The van der Waals surface area contributed by atoms with E-state index in [2.05, 4.69) is 16.8 Å². The van der Waals surface area contributed by atoms with Crippen LogP contribution in [0.15, 0.2) is 5.10 Å². The van der Waals surface area contributed by atoms with E-state index in [4.69, 9.17) is 11.7 Å². The topological polar surface area (TPSA) is 79.9 Å². The van der Waals surface area contributed by atoms with E-state index in [-0.39, 0.29) is 0 Å². The van der Waals surface area contributed by atoms with Crippen LogP contribution in [0.1, 0.15) is 0 Å². The molecule has 1 heterocycles. The van der Waals surface area contributed by atoms with Gasteiger partial charge in [0.05, 0.1) is 6.72 Å². The molecule has 7 heavy (non-hydrogen) atoms. The van der Waals surface area contributed by atoms with E-state index in [1.807, 2.05) is 0 Å². The van der Waals surface area contributed by atoms with E-state index < -0.39 is 4.97 Å². The van der Waals surface area contributed by atoms with Crippen molar-refractivity contribution in [2.45, 2.75) is 0 Å². The molecule has 1 saturated heterocycles. The minimum atomic E-state index is -0.569. The Hall–Kier alpha value is -0.530. The van der Waals surface area contributed by atoms with Crippen LogP contribution in [0.3, 0.4) is 0 Å². The van der Waals surface area contributed by atoms with Crippen molar-refractivity contribution in [2.75, 3.05) is 0 Å². The molecule has 0 saturated carbocycles. The van der Waals surface area contributed by atoms with Gasteiger partial charge in [0.2, 0.25) is 0 Å². The first-order valence-corrected chi connectivity index (χ1v) is 1.60. The highest BCUT2D eigenvalue weighted by molar-refractivity contribution is 5.21. The highest BCUT2D eigenvalue weighted by Crippen LogP contribution is 2.18. The van der Waals surface area contributed by atoms with Crippen LogP contribution in [-0.4, -0.2) is 17.0 Å². The number of quaternary nitrogens is 1. The quantitative estimate of drug-likeness (QED) is 0.179. The van der Waals surface area contributed by atoms with Crippen LogP contribution >= 0.6 is 0 Å². The molecule has 1 aliphatic rings. The Morgan fingerprint density at radius 2 is 2.29 bits per heavy atom. The minimum Gasteiger partial charge on any atom is -0.184 e. The third-order valence-electron chi connectivity index (χ3n) is 0.664. The van der Waals surface area contributed by atoms with E-state index in [0.29, 0.717) is 0 Å². The second-order valence-electron chi connectivity index (χ2n) is 1.11. The average molecular weight is 104 g/mol. The van der Waals surface area contributed by atoms with Crippen molar-refractivity contribution in [1.29, 1.82) is 0 Å². The van der Waals surface area contributed by atoms with Gasteiger partial charge in [-0.2, -0.15) is 5.84 Å². The Morgan fingerprint density at radius 3 is 2.29 bits per heavy atom. The van der Waals surface area contributed by atoms with E-state index in [0.717, 1.165) is 5.28 Å². The Morgan fingerprint density at radius 1 is 1.86 bits per heavy atom. The summed E-state index contributed by atoms with van der Waals surface area (Å²) in [6, 6.07) is 0. The monoisotopic (exact) mass is 104 g/mol. The molecule has 0 spiro atoms. The molecular formula is CH6N5O+. The van der Waals surface area contributed by atoms with Gasteiger partial charge in [-0.25, -0.2) is 0 Å². The van der Waals surface area contributed by atoms with E-state index >= 15 is 0 Å². The third-order valence-corrected chi connectivity index (χ3v) is 0.664. The second-order valence-corrected chi connectivity index (χ2v) is 1.11. The van der Waals surface area contributed by atoms with Crippen molar-refractivity contribution >= 4 is 6.72 Å². The van der Waals surface area contributed by atoms with Crippen LogP contribution in [0.5, 0.6) is 0 Å². The Bertz CT molecular complexity index is 102. The Kier molecular flexibility index (Phi) is 0.659. The van der Waals surface area contributed by atoms with Crippen molar-refractivity contribution in [3.8, 4) is 0 Å². The maximum Gasteiger partial charge on any atom is 0.190 e. The lowest BCUT2D eigenvalue weighted by atomic mass is 11.7. The molecular weight excluding hydrogens is 98.0 g/mol. The maximum atomic E-state index is 5.08. The molecule has 1 fully saturated rings. The first-order valence-electron chi connectivity index (χ1n) is 1.60. The number of hydrogen-bond donors (Lipinski definition) is 2. The van der Waals surface area contributed by atoms with Crippen molar-refractivity contribution in [3.05, 3.63) is 0 Å². The van der Waals surface area contributed by atoms with Gasteiger partial charge in [-0.15, -0.1) is 0 Å². The van der Waals surface area contributed by atoms with Gasteiger partial charge in [0.15, 0.2) is 10.3 Å². The largest absolute Gasteiger partial charge is 0.190 e. The summed E-state index contributed by atoms with van der Waals surface area (Å²) in [5.41, 5.74) is 0. The zero-order chi connectivity index (χ0) is 5.49. The highest BCUT2D eigenvalue weighted by atomic mass is 17.2. The van der Waals surface area contributed by atoms with Gasteiger partial charge in [0.1, 0.15) is 0 Å². The van der Waals surface area contributed by atoms with Crippen LogP contribution in [0, 0.1) is 0 Å². The van der Waals surface area contributed by atoms with Crippen molar-refractivity contribution in [1.82, 2.24) is 5.28 Å². The molecule has 0 radical (unpaired) electrons. The van der Waals surface area contributed by atoms with Gasteiger partial charge in [-0.05, 0) is 5.10 Å². The summed E-state index contributed by atoms with van der Waals surface area (Å²) in [5.74, 6) is 10.0. The summed E-state index contributed by atoms with van der Waals surface area (Å²) < 4.78 is 0. The number of nitrogens with zero attached hydrogens (tertiary/aromatic N) is 3. The lowest BCUT2D eigenvalue weighted by molar-refractivity contribution is -0.968. The van der Waals surface area contributed by atoms with Gasteiger partial charge in [0, 0.05) is 4.94 Å². The lowest BCUT2D eigenvalue weighted by Crippen LogP contribution is -2.35. The van der Waals surface area contributed by atoms with Gasteiger partial charge in [-0.3, -0.25) is 0 Å². The van der Waals surface area contributed by atoms with Crippen LogP contribution in [-0.2, 0) is 4.94 Å². The lowest BCUT2D eigenvalue weighted by Gasteiger charge is -1.83. The summed E-state index contributed by atoms with van der Waals surface area (Å²) in [6.07, 6.45) is 0. The molecule has 0 amide bonds. The first-order chi connectivity index (χ1) is 3.19. The molecule has 0 aliphatic carbocycles. The minimum absolute atomic E-state index is 0.569. The fourth-order valence-corrected chi connectivity index (χ4v) is 0.195. The predicted octanol–water partition coefficient (Wildman–Crippen LogP) is -1.76. The zero-order valence-corrected chi connectivity index (χ0v) is 3.61. The van der Waals surface area contributed by atoms with Gasteiger partial charge < -0.3 is 0 Å². The smallest absolute Gasteiger partial charge is 0.184 e. The highest BCUT2D eigenvalue weighted by Gasteiger charge is 2.57. The molecule has 2 unspecified atom stereocenters. The number of hydrogen-bond acceptors (Lipinski definition) is 5. The first kappa shape index (κ1) is 4.62. The summed E-state index contributed by atoms with van der Waals surface area (Å²) in [7, 11) is 0. The zero-order valence-electron chi connectivity index (χ0n) is 3.61. The summed E-state index contributed by atoms with van der Waals surface area (Å²) in [6.45, 7) is 3.10. The van der Waals surface area contributed by atoms with Gasteiger partial charge in [-0.1, -0.05) is 5.84 Å². The van der Waals surface area contributed by atoms with Crippen LogP contribution in [0.4, 0.5) is 0 Å². The molecule has 0 bridgehead atoms. The third kappa shape index (κ3) is 0.501. The SMILES string of the molecule is C=N[N+]1(N)ON1N. The van der Waals surface area contributed by atoms with E-state index in [9.17, 15) is 0 Å². The number of rotatable bonds is 1.